The molecule has 3 heterocycles. The second kappa shape index (κ2) is 5.88. The van der Waals surface area contributed by atoms with Crippen LogP contribution in [0.5, 0.6) is 0 Å². The smallest absolute Gasteiger partial charge is 0.306 e. The molecule has 1 fully saturated rings. The van der Waals surface area contributed by atoms with Crippen molar-refractivity contribution in [3.05, 3.63) is 22.4 Å². The fourth-order valence-corrected chi connectivity index (χ4v) is 2.91. The molecule has 1 aliphatic heterocycles. The van der Waals surface area contributed by atoms with Crippen LogP contribution in [0, 0.1) is 17.1 Å². The Bertz CT molecular complexity index is 993. The molecule has 10 nitrogen and oxygen atoms in total. The number of aromatic amines is 1. The van der Waals surface area contributed by atoms with E-state index in [0.29, 0.717) is 10.8 Å². The number of anilines is 1. The minimum Gasteiger partial charge on any atom is -0.385 e. The minimum atomic E-state index is -3.66. The van der Waals surface area contributed by atoms with Gasteiger partial charge in [-0.3, -0.25) is 14.3 Å². The van der Waals surface area contributed by atoms with Gasteiger partial charge in [0.15, 0.2) is 23.8 Å². The van der Waals surface area contributed by atoms with E-state index in [9.17, 15) is 29.6 Å². The van der Waals surface area contributed by atoms with Crippen LogP contribution in [-0.4, -0.2) is 58.8 Å². The van der Waals surface area contributed by atoms with E-state index >= 15 is 4.39 Å². The van der Waals surface area contributed by atoms with E-state index in [-0.39, 0.29) is 0 Å². The monoisotopic (exact) mass is 392 g/mol. The van der Waals surface area contributed by atoms with Gasteiger partial charge in [-0.05, 0) is 17.5 Å². The Kier molecular flexibility index (Phi) is 4.19. The summed E-state index contributed by atoms with van der Waals surface area (Å²) in [5.74, 6) is -3.44. The number of ether oxygens (including phenoxy) is 1. The third-order valence-corrected chi connectivity index (χ3v) is 3.97. The molecular weight excluding hydrogens is 382 g/mol. The third kappa shape index (κ3) is 2.62. The highest BCUT2D eigenvalue weighted by molar-refractivity contribution is 6.30. The summed E-state index contributed by atoms with van der Waals surface area (Å²) < 4.78 is 35.1. The van der Waals surface area contributed by atoms with E-state index in [4.69, 9.17) is 22.1 Å². The summed E-state index contributed by atoms with van der Waals surface area (Å²) in [6, 6.07) is 0. The second-order valence-electron chi connectivity index (χ2n) is 5.56. The number of hydrogen-bond acceptors (Lipinski definition) is 8. The molecule has 0 saturated carbocycles. The van der Waals surface area contributed by atoms with Crippen molar-refractivity contribution in [3.63, 3.8) is 0 Å². The molecule has 7 N–H and O–H groups in total. The number of H-pyrrole nitrogens is 1. The van der Waals surface area contributed by atoms with Crippen molar-refractivity contribution in [1.82, 2.24) is 14.5 Å². The van der Waals surface area contributed by atoms with Crippen LogP contribution in [0.25, 0.3) is 11.0 Å². The molecular formula is C13H11ClF2N4O6. The summed E-state index contributed by atoms with van der Waals surface area (Å²) in [4.78, 5) is 17.6. The van der Waals surface area contributed by atoms with Gasteiger partial charge in [0.2, 0.25) is 11.6 Å². The summed E-state index contributed by atoms with van der Waals surface area (Å²) in [7, 11) is 0. The summed E-state index contributed by atoms with van der Waals surface area (Å²) >= 11 is 5.20. The minimum absolute atomic E-state index is 0.425. The first-order valence-corrected chi connectivity index (χ1v) is 7.26. The summed E-state index contributed by atoms with van der Waals surface area (Å²) in [5, 5.41) is 38.9. The highest BCUT2D eigenvalue weighted by Crippen LogP contribution is 2.44. The van der Waals surface area contributed by atoms with Crippen molar-refractivity contribution >= 4 is 28.6 Å². The van der Waals surface area contributed by atoms with Crippen LogP contribution in [0.3, 0.4) is 0 Å². The number of nitrogens with one attached hydrogen (secondary N) is 1. The van der Waals surface area contributed by atoms with Gasteiger partial charge in [-0.25, -0.2) is 8.78 Å². The first-order chi connectivity index (χ1) is 12.0. The zero-order valence-corrected chi connectivity index (χ0v) is 13.3. The van der Waals surface area contributed by atoms with Crippen molar-refractivity contribution < 1.29 is 33.9 Å². The molecule has 0 spiro atoms. The van der Waals surface area contributed by atoms with Crippen LogP contribution in [0.2, 0.25) is 0 Å². The highest BCUT2D eigenvalue weighted by Gasteiger charge is 2.63. The summed E-state index contributed by atoms with van der Waals surface area (Å²) in [6.07, 6.45) is -6.18. The Morgan fingerprint density at radius 2 is 2.15 bits per heavy atom. The first kappa shape index (κ1) is 18.5. The highest BCUT2D eigenvalue weighted by atomic mass is 35.5. The standard InChI is InChI=1S/C13H11ClF2N4O6/c14-2-1-12(16)6(21)7(13(23,24)25)26-10(12)20-3-4(15)5-8(20)18-11(17)19-9(5)22/h3,6-7,10,21,23-25H,(H3,17,18,19,22). The molecule has 26 heavy (non-hydrogen) atoms. The number of nitrogen functional groups attached to an aromatic ring is 1. The Labute approximate surface area is 147 Å². The van der Waals surface area contributed by atoms with Crippen LogP contribution in [0.4, 0.5) is 14.7 Å². The number of aliphatic hydroxyl groups excluding tert-OH is 1. The molecule has 0 amide bonds. The maximum Gasteiger partial charge on any atom is 0.306 e. The van der Waals surface area contributed by atoms with Gasteiger partial charge in [-0.15, -0.1) is 0 Å². The second-order valence-corrected chi connectivity index (χ2v) is 5.75. The molecule has 0 aliphatic carbocycles. The zero-order chi connectivity index (χ0) is 19.4. The van der Waals surface area contributed by atoms with Gasteiger partial charge in [0, 0.05) is 11.6 Å². The van der Waals surface area contributed by atoms with E-state index in [1.54, 1.807) is 11.3 Å². The maximum absolute atomic E-state index is 15.3. The van der Waals surface area contributed by atoms with Crippen molar-refractivity contribution in [2.75, 3.05) is 5.73 Å². The van der Waals surface area contributed by atoms with Crippen molar-refractivity contribution in [3.8, 4) is 11.3 Å². The van der Waals surface area contributed by atoms with E-state index in [1.807, 2.05) is 0 Å². The van der Waals surface area contributed by atoms with Gasteiger partial charge in [0.25, 0.3) is 5.56 Å². The summed E-state index contributed by atoms with van der Waals surface area (Å²) in [5.41, 5.74) is 0.823. The largest absolute Gasteiger partial charge is 0.385 e. The summed E-state index contributed by atoms with van der Waals surface area (Å²) in [6.45, 7) is 0. The van der Waals surface area contributed by atoms with Gasteiger partial charge in [-0.2, -0.15) is 4.98 Å². The lowest BCUT2D eigenvalue weighted by Crippen LogP contribution is -2.51. The van der Waals surface area contributed by atoms with Gasteiger partial charge >= 0.3 is 5.97 Å². The number of aromatic nitrogens is 3. The Morgan fingerprint density at radius 1 is 1.50 bits per heavy atom. The van der Waals surface area contributed by atoms with Crippen LogP contribution >= 0.6 is 11.6 Å². The van der Waals surface area contributed by atoms with Crippen LogP contribution in [0.15, 0.2) is 11.0 Å². The average molecular weight is 393 g/mol. The number of halogens is 3. The average Bonchev–Trinajstić information content (AvgIpc) is 2.95. The molecule has 2 aromatic rings. The molecule has 4 unspecified atom stereocenters. The Morgan fingerprint density at radius 3 is 2.73 bits per heavy atom. The number of rotatable bonds is 2. The van der Waals surface area contributed by atoms with Gasteiger partial charge in [0.1, 0.15) is 11.5 Å². The fraction of sp³-hybridized carbons (Fsp3) is 0.385. The van der Waals surface area contributed by atoms with Crippen LogP contribution < -0.4 is 11.3 Å². The molecule has 13 heteroatoms. The maximum atomic E-state index is 15.3. The SMILES string of the molecule is Nc1nc2c(c(F)cn2C2OC(C(O)(O)O)C(O)C2(F)C#CCl)c(=O)[nH]1. The number of fused-ring (bicyclic) bond motifs is 1. The van der Waals surface area contributed by atoms with E-state index < -0.39 is 58.4 Å². The molecule has 4 atom stereocenters. The Hall–Kier alpha value is -2.27. The molecule has 0 radical (unpaired) electrons. The molecule has 0 bridgehead atoms. The molecule has 3 rings (SSSR count). The predicted octanol–water partition coefficient (Wildman–Crippen LogP) is -1.76. The number of nitrogens with zero attached hydrogens (tertiary/aromatic N) is 2. The van der Waals surface area contributed by atoms with Crippen molar-refractivity contribution in [1.29, 1.82) is 0 Å². The Balaban J connectivity index is 2.26. The number of hydrogen-bond donors (Lipinski definition) is 6. The van der Waals surface area contributed by atoms with Gasteiger partial charge in [0.05, 0.1) is 0 Å². The van der Waals surface area contributed by atoms with E-state index in [1.165, 1.54) is 0 Å². The van der Waals surface area contributed by atoms with E-state index in [2.05, 4.69) is 9.97 Å². The molecule has 140 valence electrons. The lowest BCUT2D eigenvalue weighted by molar-refractivity contribution is -0.368. The quantitative estimate of drug-likeness (QED) is 0.258. The lowest BCUT2D eigenvalue weighted by atomic mass is 9.96. The molecule has 1 aliphatic rings. The molecule has 2 aromatic heterocycles. The van der Waals surface area contributed by atoms with E-state index in [0.717, 1.165) is 0 Å². The van der Waals surface area contributed by atoms with Gasteiger partial charge in [-0.1, -0.05) is 0 Å². The molecule has 0 aromatic carbocycles. The number of aliphatic hydroxyl groups is 4. The predicted molar refractivity (Wildman–Crippen MR) is 81.5 cm³/mol. The fourth-order valence-electron chi connectivity index (χ4n) is 2.76. The normalized spacial score (nSPS) is 29.0. The van der Waals surface area contributed by atoms with Crippen molar-refractivity contribution in [2.24, 2.45) is 0 Å². The number of alkyl halides is 1. The van der Waals surface area contributed by atoms with Gasteiger partial charge < -0.3 is 30.9 Å². The topological polar surface area (TPSA) is 167 Å². The van der Waals surface area contributed by atoms with Crippen LogP contribution in [0.1, 0.15) is 6.23 Å². The third-order valence-electron chi connectivity index (χ3n) is 3.88. The van der Waals surface area contributed by atoms with Crippen molar-refractivity contribution in [2.45, 2.75) is 30.1 Å². The first-order valence-electron chi connectivity index (χ1n) is 6.89. The van der Waals surface area contributed by atoms with Crippen LogP contribution in [-0.2, 0) is 4.74 Å². The number of nitrogens with two attached hydrogens (primary N) is 1. The molecule has 1 saturated heterocycles. The lowest BCUT2D eigenvalue weighted by Gasteiger charge is -2.25. The zero-order valence-electron chi connectivity index (χ0n) is 12.5.